The topological polar surface area (TPSA) is 55.4 Å². The molecule has 0 saturated carbocycles. The highest BCUT2D eigenvalue weighted by Crippen LogP contribution is 2.38. The normalized spacial score (nSPS) is 19.3. The van der Waals surface area contributed by atoms with Crippen molar-refractivity contribution in [1.29, 1.82) is 0 Å². The van der Waals surface area contributed by atoms with Crippen LogP contribution >= 0.6 is 0 Å². The Labute approximate surface area is 175 Å². The van der Waals surface area contributed by atoms with Crippen molar-refractivity contribution in [1.82, 2.24) is 0 Å². The Bertz CT molecular complexity index is 575. The Morgan fingerprint density at radius 1 is 0.621 bits per heavy atom. The van der Waals surface area contributed by atoms with Crippen LogP contribution in [0.5, 0.6) is 11.5 Å². The summed E-state index contributed by atoms with van der Waals surface area (Å²) in [5, 5.41) is 0. The van der Waals surface area contributed by atoms with Gasteiger partial charge in [0.2, 0.25) is 0 Å². The molecule has 1 aliphatic rings. The molecule has 0 radical (unpaired) electrons. The molecule has 1 heterocycles. The van der Waals surface area contributed by atoms with E-state index in [0.29, 0.717) is 77.9 Å². The average Bonchev–Trinajstić information content (AvgIpc) is 2.72. The van der Waals surface area contributed by atoms with E-state index in [1.807, 2.05) is 0 Å². The van der Waals surface area contributed by atoms with Gasteiger partial charge in [0.1, 0.15) is 13.2 Å². The van der Waals surface area contributed by atoms with Gasteiger partial charge in [-0.05, 0) is 41.5 Å². The molecule has 166 valence electrons. The van der Waals surface area contributed by atoms with Crippen molar-refractivity contribution in [2.75, 3.05) is 66.1 Å². The Balaban J connectivity index is 2.12. The molecule has 0 bridgehead atoms. The Morgan fingerprint density at radius 3 is 1.38 bits per heavy atom. The fourth-order valence-electron chi connectivity index (χ4n) is 3.15. The van der Waals surface area contributed by atoms with Crippen molar-refractivity contribution >= 4 is 0 Å². The summed E-state index contributed by atoms with van der Waals surface area (Å²) in [6.45, 7) is 14.2. The molecule has 6 nitrogen and oxygen atoms in total. The summed E-state index contributed by atoms with van der Waals surface area (Å²) in [5.41, 5.74) is 2.64. The van der Waals surface area contributed by atoms with Gasteiger partial charge in [0.05, 0.1) is 52.9 Å². The summed E-state index contributed by atoms with van der Waals surface area (Å²) in [4.78, 5) is 0. The van der Waals surface area contributed by atoms with E-state index in [4.69, 9.17) is 28.4 Å². The number of hydrogen-bond acceptors (Lipinski definition) is 6. The zero-order chi connectivity index (χ0) is 20.9. The average molecular weight is 411 g/mol. The third-order valence-electron chi connectivity index (χ3n) is 5.00. The zero-order valence-electron chi connectivity index (χ0n) is 18.5. The van der Waals surface area contributed by atoms with E-state index in [1.165, 1.54) is 11.1 Å². The molecule has 1 aliphatic heterocycles. The number of benzene rings is 1. The Morgan fingerprint density at radius 2 is 1.00 bits per heavy atom. The summed E-state index contributed by atoms with van der Waals surface area (Å²) in [5.74, 6) is 2.42. The van der Waals surface area contributed by atoms with Gasteiger partial charge in [-0.15, -0.1) is 0 Å². The molecule has 0 amide bonds. The van der Waals surface area contributed by atoms with Gasteiger partial charge >= 0.3 is 0 Å². The number of fused-ring (bicyclic) bond motifs is 1. The van der Waals surface area contributed by atoms with E-state index in [1.54, 1.807) is 0 Å². The first-order chi connectivity index (χ1) is 14.1. The summed E-state index contributed by atoms with van der Waals surface area (Å²) in [6.07, 6.45) is 1.08. The Kier molecular flexibility index (Phi) is 11.4. The minimum Gasteiger partial charge on any atom is -0.487 e. The van der Waals surface area contributed by atoms with Crippen LogP contribution in [0.15, 0.2) is 12.1 Å². The van der Waals surface area contributed by atoms with E-state index in [0.717, 1.165) is 17.9 Å². The lowest BCUT2D eigenvalue weighted by Gasteiger charge is -2.22. The Hall–Kier alpha value is -1.34. The molecule has 0 aliphatic carbocycles. The number of rotatable bonds is 3. The first-order valence-corrected chi connectivity index (χ1v) is 10.9. The zero-order valence-corrected chi connectivity index (χ0v) is 18.5. The maximum Gasteiger partial charge on any atom is 0.161 e. The van der Waals surface area contributed by atoms with Crippen LogP contribution in [0, 0.1) is 0 Å². The quantitative estimate of drug-likeness (QED) is 0.746. The molecule has 1 atom stereocenters. The monoisotopic (exact) mass is 410 g/mol. The van der Waals surface area contributed by atoms with Crippen LogP contribution in [0.2, 0.25) is 0 Å². The fraction of sp³-hybridized carbons (Fsp3) is 0.739. The molecule has 6 heteroatoms. The third-order valence-corrected chi connectivity index (χ3v) is 5.00. The number of hydrogen-bond donors (Lipinski definition) is 0. The van der Waals surface area contributed by atoms with Gasteiger partial charge in [0, 0.05) is 0 Å². The lowest BCUT2D eigenvalue weighted by atomic mass is 9.88. The smallest absolute Gasteiger partial charge is 0.161 e. The van der Waals surface area contributed by atoms with Crippen LogP contribution in [0.25, 0.3) is 0 Å². The van der Waals surface area contributed by atoms with Crippen LogP contribution < -0.4 is 9.47 Å². The van der Waals surface area contributed by atoms with Crippen molar-refractivity contribution in [3.8, 4) is 11.5 Å². The van der Waals surface area contributed by atoms with Gasteiger partial charge in [-0.3, -0.25) is 0 Å². The largest absolute Gasteiger partial charge is 0.487 e. The van der Waals surface area contributed by atoms with Crippen molar-refractivity contribution in [2.45, 2.75) is 46.0 Å². The van der Waals surface area contributed by atoms with E-state index < -0.39 is 0 Å². The third kappa shape index (κ3) is 8.51. The van der Waals surface area contributed by atoms with Gasteiger partial charge in [-0.25, -0.2) is 0 Å². The number of ether oxygens (including phenoxy) is 6. The molecule has 0 fully saturated rings. The molecule has 1 aromatic rings. The van der Waals surface area contributed by atoms with Crippen LogP contribution in [0.4, 0.5) is 0 Å². The lowest BCUT2D eigenvalue weighted by Crippen LogP contribution is -2.16. The van der Waals surface area contributed by atoms with Crippen LogP contribution in [0.1, 0.15) is 57.1 Å². The van der Waals surface area contributed by atoms with Crippen molar-refractivity contribution in [3.05, 3.63) is 23.3 Å². The second kappa shape index (κ2) is 13.8. The highest BCUT2D eigenvalue weighted by Gasteiger charge is 2.18. The fourth-order valence-corrected chi connectivity index (χ4v) is 3.15. The lowest BCUT2D eigenvalue weighted by molar-refractivity contribution is -0.00842. The highest BCUT2D eigenvalue weighted by molar-refractivity contribution is 5.49. The van der Waals surface area contributed by atoms with E-state index in [-0.39, 0.29) is 0 Å². The first-order valence-electron chi connectivity index (χ1n) is 10.9. The summed E-state index contributed by atoms with van der Waals surface area (Å²) < 4.78 is 34.2. The molecule has 0 aromatic heterocycles. The second-order valence-corrected chi connectivity index (χ2v) is 7.54. The molecule has 0 saturated heterocycles. The summed E-state index contributed by atoms with van der Waals surface area (Å²) >= 11 is 0. The van der Waals surface area contributed by atoms with Gasteiger partial charge in [-0.2, -0.15) is 0 Å². The van der Waals surface area contributed by atoms with Crippen molar-refractivity contribution in [3.63, 3.8) is 0 Å². The maximum atomic E-state index is 6.05. The molecule has 1 aromatic carbocycles. The van der Waals surface area contributed by atoms with Gasteiger partial charge < -0.3 is 28.4 Å². The summed E-state index contributed by atoms with van der Waals surface area (Å²) in [6, 6.07) is 4.28. The summed E-state index contributed by atoms with van der Waals surface area (Å²) in [7, 11) is 0. The predicted molar refractivity (Wildman–Crippen MR) is 114 cm³/mol. The van der Waals surface area contributed by atoms with Gasteiger partial charge in [0.15, 0.2) is 11.5 Å². The molecule has 0 spiro atoms. The van der Waals surface area contributed by atoms with Gasteiger partial charge in [0.25, 0.3) is 0 Å². The van der Waals surface area contributed by atoms with E-state index >= 15 is 0 Å². The minimum absolute atomic E-state index is 0.415. The second-order valence-electron chi connectivity index (χ2n) is 7.54. The minimum atomic E-state index is 0.415. The van der Waals surface area contributed by atoms with Crippen molar-refractivity contribution in [2.24, 2.45) is 0 Å². The molecule has 1 unspecified atom stereocenters. The predicted octanol–water partition coefficient (Wildman–Crippen LogP) is 4.16. The van der Waals surface area contributed by atoms with E-state index in [9.17, 15) is 0 Å². The maximum absolute atomic E-state index is 6.05. The first kappa shape index (κ1) is 23.9. The molecule has 29 heavy (non-hydrogen) atoms. The van der Waals surface area contributed by atoms with Crippen LogP contribution in [0.3, 0.4) is 0 Å². The van der Waals surface area contributed by atoms with E-state index in [2.05, 4.69) is 39.8 Å². The van der Waals surface area contributed by atoms with Crippen LogP contribution in [-0.2, 0) is 18.9 Å². The molecule has 2 rings (SSSR count). The van der Waals surface area contributed by atoms with Crippen molar-refractivity contribution < 1.29 is 28.4 Å². The standard InChI is InChI=1S/C23H38O6/c1-5-19(4)21-17-23-22(16-20(21)18(2)3)28-14-12-26-10-8-24-6-7-25-9-11-27-13-15-29-23/h16-19H,5-15H2,1-4H3. The van der Waals surface area contributed by atoms with Gasteiger partial charge in [-0.1, -0.05) is 27.7 Å². The molecule has 0 N–H and O–H groups in total. The molecular formula is C23H38O6. The van der Waals surface area contributed by atoms with Crippen LogP contribution in [-0.4, -0.2) is 66.1 Å². The highest BCUT2D eigenvalue weighted by atomic mass is 16.6. The molecular weight excluding hydrogens is 372 g/mol. The SMILES string of the molecule is CCC(C)c1cc2c(cc1C(C)C)OCCOCCOCCOCCOCCO2.